The van der Waals surface area contributed by atoms with E-state index in [1.807, 2.05) is 24.4 Å². The topological polar surface area (TPSA) is 196 Å². The number of nitrogens with zero attached hydrogens (tertiary/aromatic N) is 2. The molecule has 0 saturated carbocycles. The zero-order chi connectivity index (χ0) is 15.0. The van der Waals surface area contributed by atoms with Gasteiger partial charge in [-0.05, 0) is 11.5 Å². The Labute approximate surface area is 165 Å². The maximum Gasteiger partial charge on any atom is 4.00 e. The summed E-state index contributed by atoms with van der Waals surface area (Å²) in [6.07, 6.45) is 1.93. The van der Waals surface area contributed by atoms with E-state index in [1.165, 1.54) is 16.2 Å². The summed E-state index contributed by atoms with van der Waals surface area (Å²) in [7, 11) is 1.00. The van der Waals surface area contributed by atoms with Gasteiger partial charge in [0.2, 0.25) is 0 Å². The molecule has 2 aromatic carbocycles. The molecule has 0 unspecified atom stereocenters. The van der Waals surface area contributed by atoms with E-state index >= 15 is 0 Å². The van der Waals surface area contributed by atoms with Crippen molar-refractivity contribution in [3.05, 3.63) is 64.8 Å². The van der Waals surface area contributed by atoms with Crippen LogP contribution in [0, 0.1) is 10.1 Å². The zero-order valence-electron chi connectivity index (χ0n) is 13.4. The van der Waals surface area contributed by atoms with Crippen LogP contribution in [-0.4, -0.2) is 33.0 Å². The predicted octanol–water partition coefficient (Wildman–Crippen LogP) is -0.202. The molecule has 9 nitrogen and oxygen atoms in total. The van der Waals surface area contributed by atoms with E-state index in [2.05, 4.69) is 35.3 Å². The second-order valence-corrected chi connectivity index (χ2v) is 3.60. The van der Waals surface area contributed by atoms with Crippen molar-refractivity contribution >= 4 is 21.7 Å². The maximum absolute atomic E-state index is 8.36. The van der Waals surface area contributed by atoms with E-state index in [0.29, 0.717) is 0 Å². The van der Waals surface area contributed by atoms with Gasteiger partial charge in [0, 0.05) is 24.1 Å². The van der Waals surface area contributed by atoms with Crippen molar-refractivity contribution < 1.29 is 54.3 Å². The van der Waals surface area contributed by atoms with Crippen LogP contribution < -0.4 is 24.7 Å². The Balaban J connectivity index is -0.000000109. The van der Waals surface area contributed by atoms with Crippen molar-refractivity contribution in [3.8, 4) is 0 Å². The molecule has 0 amide bonds. The molecule has 1 heterocycles. The molecule has 0 aliphatic carbocycles. The van der Waals surface area contributed by atoms with Gasteiger partial charge in [0.05, 0.1) is 5.52 Å². The van der Waals surface area contributed by atoms with Crippen LogP contribution in [0.4, 0.5) is 0 Å². The molecule has 0 fully saturated rings. The van der Waals surface area contributed by atoms with Crippen LogP contribution >= 0.6 is 0 Å². The molecule has 0 aliphatic rings. The van der Waals surface area contributed by atoms with Gasteiger partial charge in [0.1, 0.15) is 0 Å². The standard InChI is InChI=1S/C13H9N.CH4O.ClH.HNO3.2H3N.H2O.Pt/c1-2-6-11-10(5-1)9-14-13-8-4-3-7-12(11)13;1-2;;2-1(3)4;;;;/h1-9H;2H,1H3;1H;(H,2,3,4);2*1H3;1H2;/q;;;;;;;+4/p-2. The minimum Gasteiger partial charge on any atom is -1.00 e. The van der Waals surface area contributed by atoms with E-state index < -0.39 is 5.09 Å². The molecule has 142 valence electrons. The number of aromatic nitrogens is 1. The van der Waals surface area contributed by atoms with E-state index in [9.17, 15) is 0 Å². The van der Waals surface area contributed by atoms with Gasteiger partial charge in [-0.3, -0.25) is 4.98 Å². The van der Waals surface area contributed by atoms with Crippen LogP contribution in [0.15, 0.2) is 54.7 Å². The first-order chi connectivity index (χ1) is 9.68. The summed E-state index contributed by atoms with van der Waals surface area (Å²) < 4.78 is 0. The summed E-state index contributed by atoms with van der Waals surface area (Å²) in [6.45, 7) is 0. The first-order valence-corrected chi connectivity index (χ1v) is 5.69. The van der Waals surface area contributed by atoms with Gasteiger partial charge in [-0.1, -0.05) is 42.5 Å². The fraction of sp³-hybridized carbons (Fsp3) is 0.0714. The fourth-order valence-electron chi connectivity index (χ4n) is 1.81. The van der Waals surface area contributed by atoms with Gasteiger partial charge in [-0.25, -0.2) is 0 Å². The third-order valence-corrected chi connectivity index (χ3v) is 2.50. The Morgan fingerprint density at radius 3 is 1.88 bits per heavy atom. The van der Waals surface area contributed by atoms with E-state index in [0.717, 1.165) is 12.6 Å². The van der Waals surface area contributed by atoms with Crippen LogP contribution in [0.3, 0.4) is 0 Å². The summed E-state index contributed by atoms with van der Waals surface area (Å²) in [5.41, 5.74) is 1.06. The Morgan fingerprint density at radius 2 is 1.36 bits per heavy atom. The molecule has 3 aromatic rings. The zero-order valence-corrected chi connectivity index (χ0v) is 16.4. The van der Waals surface area contributed by atoms with Crippen molar-refractivity contribution in [3.63, 3.8) is 0 Å². The molecule has 0 bridgehead atoms. The van der Waals surface area contributed by atoms with Gasteiger partial charge in [-0.2, -0.15) is 0 Å². The van der Waals surface area contributed by atoms with Crippen molar-refractivity contribution in [1.82, 2.24) is 17.3 Å². The number of halogens is 1. The summed E-state index contributed by atoms with van der Waals surface area (Å²) in [5.74, 6) is 0. The molecule has 11 heteroatoms. The van der Waals surface area contributed by atoms with Crippen molar-refractivity contribution in [1.29, 1.82) is 0 Å². The average Bonchev–Trinajstić information content (AvgIpc) is 2.49. The van der Waals surface area contributed by atoms with Crippen LogP contribution in [-0.2, 0) is 21.1 Å². The molecule has 0 radical (unpaired) electrons. The number of rotatable bonds is 0. The first-order valence-electron chi connectivity index (χ1n) is 5.69. The Bertz CT molecular complexity index is 662. The van der Waals surface area contributed by atoms with Crippen LogP contribution in [0.5, 0.6) is 0 Å². The second kappa shape index (κ2) is 18.5. The van der Waals surface area contributed by atoms with E-state index in [4.69, 9.17) is 20.4 Å². The summed E-state index contributed by atoms with van der Waals surface area (Å²) in [5, 5.41) is 24.3. The minimum absolute atomic E-state index is 0. The number of fused-ring (bicyclic) bond motifs is 3. The number of pyridine rings is 1. The number of hydrogen-bond donors (Lipinski definition) is 4. The number of para-hydroxylation sites is 1. The average molecular weight is 556 g/mol. The van der Waals surface area contributed by atoms with Gasteiger partial charge in [-0.15, -0.1) is 10.1 Å². The normalized spacial score (nSPS) is 7.28. The Morgan fingerprint density at radius 1 is 0.960 bits per heavy atom. The smallest absolute Gasteiger partial charge is 1.00 e. The third-order valence-electron chi connectivity index (χ3n) is 2.50. The summed E-state index contributed by atoms with van der Waals surface area (Å²) in [6, 6.07) is 16.6. The molecule has 0 aliphatic heterocycles. The van der Waals surface area contributed by atoms with Gasteiger partial charge in [0.15, 0.2) is 0 Å². The molecule has 0 spiro atoms. The number of benzene rings is 2. The van der Waals surface area contributed by atoms with Gasteiger partial charge in [0.25, 0.3) is 5.09 Å². The molecular formula is C14H21ClN4O5Pt+2. The molecule has 3 rings (SSSR count). The number of aliphatic hydroxyl groups excluding tert-OH is 1. The minimum atomic E-state index is -1.50. The van der Waals surface area contributed by atoms with Crippen LogP contribution in [0.1, 0.15) is 0 Å². The monoisotopic (exact) mass is 555 g/mol. The summed E-state index contributed by atoms with van der Waals surface area (Å²) >= 11 is 0. The van der Waals surface area contributed by atoms with Gasteiger partial charge < -0.3 is 40.5 Å². The van der Waals surface area contributed by atoms with Crippen LogP contribution in [0.2, 0.25) is 0 Å². The Kier molecular flexibility index (Phi) is 25.5. The summed E-state index contributed by atoms with van der Waals surface area (Å²) in [4.78, 5) is 12.8. The van der Waals surface area contributed by atoms with Crippen LogP contribution in [0.25, 0.3) is 21.7 Å². The molecule has 9 N–H and O–H groups in total. The Hall–Kier alpha value is -1.87. The maximum atomic E-state index is 8.36. The number of aliphatic hydroxyl groups is 1. The van der Waals surface area contributed by atoms with Crippen molar-refractivity contribution in [2.24, 2.45) is 0 Å². The fourth-order valence-corrected chi connectivity index (χ4v) is 1.81. The third kappa shape index (κ3) is 10.6. The van der Waals surface area contributed by atoms with Crippen molar-refractivity contribution in [2.45, 2.75) is 0 Å². The van der Waals surface area contributed by atoms with E-state index in [-0.39, 0.29) is 51.2 Å². The SMILES string of the molecule is CO.N.N.O=[N+]([O-])O.[Cl-].[OH-].[Pt+4].c1ccc2c(c1)cnc1ccccc12. The molecule has 0 saturated heterocycles. The predicted molar refractivity (Wildman–Crippen MR) is 88.2 cm³/mol. The molecule has 0 atom stereocenters. The molecule has 1 aromatic heterocycles. The molecular weight excluding hydrogens is 535 g/mol. The second-order valence-electron chi connectivity index (χ2n) is 3.60. The largest absolute Gasteiger partial charge is 4.00 e. The number of hydrogen-bond acceptors (Lipinski definition) is 7. The van der Waals surface area contributed by atoms with Gasteiger partial charge >= 0.3 is 21.1 Å². The quantitative estimate of drug-likeness (QED) is 0.166. The molecule has 25 heavy (non-hydrogen) atoms. The van der Waals surface area contributed by atoms with E-state index in [1.54, 1.807) is 0 Å². The first kappa shape index (κ1) is 34.5. The van der Waals surface area contributed by atoms with Crippen molar-refractivity contribution in [2.75, 3.05) is 7.11 Å².